The molecule has 0 heterocycles. The number of rotatable bonds is 0. The molecule has 2 N–H and O–H groups in total. The Kier molecular flexibility index (Phi) is 3.18. The summed E-state index contributed by atoms with van der Waals surface area (Å²) in [5.74, 6) is 1.47. The van der Waals surface area contributed by atoms with Crippen LogP contribution in [0.2, 0.25) is 0 Å². The van der Waals surface area contributed by atoms with Gasteiger partial charge in [-0.2, -0.15) is 0 Å². The molecule has 0 aliphatic heterocycles. The second kappa shape index (κ2) is 4.60. The maximum Gasteiger partial charge on any atom is 0.0599 e. The van der Waals surface area contributed by atoms with Gasteiger partial charge in [0, 0.05) is 0 Å². The molecule has 22 heavy (non-hydrogen) atoms. The Hall–Kier alpha value is -0.340. The summed E-state index contributed by atoms with van der Waals surface area (Å²) in [6.45, 7) is 7.30. The zero-order chi connectivity index (χ0) is 15.8. The number of hydrogen-bond donors (Lipinski definition) is 2. The van der Waals surface area contributed by atoms with Crippen LogP contribution in [-0.4, -0.2) is 22.4 Å². The molecule has 4 aliphatic carbocycles. The summed E-state index contributed by atoms with van der Waals surface area (Å²) < 4.78 is 0. The van der Waals surface area contributed by atoms with E-state index in [9.17, 15) is 10.2 Å². The minimum atomic E-state index is -0.117. The van der Waals surface area contributed by atoms with E-state index in [-0.39, 0.29) is 23.0 Å². The van der Waals surface area contributed by atoms with Gasteiger partial charge in [0.2, 0.25) is 0 Å². The van der Waals surface area contributed by atoms with Gasteiger partial charge in [-0.15, -0.1) is 0 Å². The molecular weight excluding hydrogens is 272 g/mol. The molecule has 4 rings (SSSR count). The van der Waals surface area contributed by atoms with E-state index >= 15 is 0 Å². The molecule has 0 saturated heterocycles. The van der Waals surface area contributed by atoms with Crippen LogP contribution in [0.1, 0.15) is 72.1 Å². The van der Waals surface area contributed by atoms with Crippen LogP contribution in [-0.2, 0) is 0 Å². The number of aliphatic hydroxyl groups excluding tert-OH is 2. The van der Waals surface area contributed by atoms with Gasteiger partial charge in [0.1, 0.15) is 0 Å². The predicted octanol–water partition coefficient (Wildman–Crippen LogP) is 4.06. The van der Waals surface area contributed by atoms with Gasteiger partial charge in [-0.3, -0.25) is 0 Å². The van der Waals surface area contributed by atoms with Crippen LogP contribution in [0.3, 0.4) is 0 Å². The van der Waals surface area contributed by atoms with Crippen LogP contribution in [0.4, 0.5) is 0 Å². The van der Waals surface area contributed by atoms with Gasteiger partial charge < -0.3 is 10.2 Å². The zero-order valence-electron chi connectivity index (χ0n) is 14.4. The van der Waals surface area contributed by atoms with Crippen LogP contribution in [0.25, 0.3) is 0 Å². The van der Waals surface area contributed by atoms with Crippen LogP contribution in [0.5, 0.6) is 0 Å². The number of fused-ring (bicyclic) bond motifs is 5. The molecule has 124 valence electrons. The third-order valence-electron chi connectivity index (χ3n) is 8.88. The highest BCUT2D eigenvalue weighted by atomic mass is 16.3. The number of allylic oxidation sites excluding steroid dienone is 1. The Labute approximate surface area is 135 Å². The molecule has 0 amide bonds. The fourth-order valence-electron chi connectivity index (χ4n) is 7.00. The molecule has 0 radical (unpaired) electrons. The van der Waals surface area contributed by atoms with Crippen LogP contribution >= 0.6 is 0 Å². The van der Waals surface area contributed by atoms with Crippen molar-refractivity contribution in [1.29, 1.82) is 0 Å². The molecule has 0 aromatic carbocycles. The van der Waals surface area contributed by atoms with Crippen molar-refractivity contribution < 1.29 is 10.2 Å². The van der Waals surface area contributed by atoms with Crippen molar-refractivity contribution >= 4 is 0 Å². The summed E-state index contributed by atoms with van der Waals surface area (Å²) in [6, 6.07) is 0. The molecule has 0 aromatic heterocycles. The van der Waals surface area contributed by atoms with Gasteiger partial charge in [-0.25, -0.2) is 0 Å². The zero-order valence-corrected chi connectivity index (χ0v) is 14.4. The van der Waals surface area contributed by atoms with Gasteiger partial charge in [-0.05, 0) is 79.4 Å². The first-order chi connectivity index (χ1) is 10.3. The lowest BCUT2D eigenvalue weighted by Crippen LogP contribution is -2.56. The molecule has 2 heteroatoms. The van der Waals surface area contributed by atoms with Gasteiger partial charge in [0.15, 0.2) is 0 Å². The van der Waals surface area contributed by atoms with Gasteiger partial charge in [0.25, 0.3) is 0 Å². The lowest BCUT2D eigenvalue weighted by atomic mass is 9.43. The molecule has 4 aliphatic rings. The first kappa shape index (κ1) is 15.2. The van der Waals surface area contributed by atoms with Crippen molar-refractivity contribution in [3.8, 4) is 0 Å². The standard InChI is InChI=1S/C20H32O2/c1-18-9-6-14(21)12-13(18)4-5-16-15(18)7-10-20(3)17(22)8-11-19(16,20)2/h4,14-17,21-22H,5-12H2,1-3H3/t14?,15?,16?,17?,18?,19-,20?/m0/s1. The third-order valence-corrected chi connectivity index (χ3v) is 8.88. The Morgan fingerprint density at radius 2 is 1.64 bits per heavy atom. The smallest absolute Gasteiger partial charge is 0.0599 e. The fourth-order valence-corrected chi connectivity index (χ4v) is 7.00. The Morgan fingerprint density at radius 1 is 0.909 bits per heavy atom. The highest BCUT2D eigenvalue weighted by Gasteiger charge is 2.64. The van der Waals surface area contributed by atoms with E-state index < -0.39 is 0 Å². The maximum absolute atomic E-state index is 10.6. The van der Waals surface area contributed by atoms with E-state index in [1.54, 1.807) is 5.57 Å². The molecule has 7 atom stereocenters. The van der Waals surface area contributed by atoms with Gasteiger partial charge >= 0.3 is 0 Å². The monoisotopic (exact) mass is 304 g/mol. The maximum atomic E-state index is 10.6. The van der Waals surface area contributed by atoms with E-state index in [1.165, 1.54) is 25.7 Å². The number of hydrogen-bond acceptors (Lipinski definition) is 2. The summed E-state index contributed by atoms with van der Waals surface area (Å²) in [6.07, 6.45) is 11.1. The summed E-state index contributed by atoms with van der Waals surface area (Å²) in [4.78, 5) is 0. The highest BCUT2D eigenvalue weighted by molar-refractivity contribution is 5.26. The SMILES string of the molecule is CC12CCC(O)CC1=CCC1C2CCC2(C)C(O)CC[C@@]12C. The van der Waals surface area contributed by atoms with Crippen LogP contribution in [0, 0.1) is 28.1 Å². The molecular formula is C20H32O2. The first-order valence-electron chi connectivity index (χ1n) is 9.37. The van der Waals surface area contributed by atoms with Gasteiger partial charge in [-0.1, -0.05) is 32.4 Å². The molecule has 2 nitrogen and oxygen atoms in total. The second-order valence-corrected chi connectivity index (χ2v) is 9.42. The fraction of sp³-hybridized carbons (Fsp3) is 0.900. The molecule has 0 bridgehead atoms. The molecule has 0 spiro atoms. The Bertz CT molecular complexity index is 512. The van der Waals surface area contributed by atoms with E-state index in [0.717, 1.165) is 31.6 Å². The summed E-state index contributed by atoms with van der Waals surface area (Å²) in [7, 11) is 0. The average Bonchev–Trinajstić information content (AvgIpc) is 2.72. The third kappa shape index (κ3) is 1.69. The van der Waals surface area contributed by atoms with Crippen molar-refractivity contribution in [2.45, 2.75) is 84.3 Å². The Morgan fingerprint density at radius 3 is 2.41 bits per heavy atom. The lowest BCUT2D eigenvalue weighted by Gasteiger charge is -2.62. The minimum absolute atomic E-state index is 0.107. The van der Waals surface area contributed by atoms with Crippen molar-refractivity contribution in [2.24, 2.45) is 28.1 Å². The van der Waals surface area contributed by atoms with Crippen molar-refractivity contribution in [2.75, 3.05) is 0 Å². The minimum Gasteiger partial charge on any atom is -0.393 e. The van der Waals surface area contributed by atoms with E-state index in [2.05, 4.69) is 26.8 Å². The number of aliphatic hydroxyl groups is 2. The lowest BCUT2D eigenvalue weighted by molar-refractivity contribution is -0.124. The first-order valence-corrected chi connectivity index (χ1v) is 9.37. The average molecular weight is 304 g/mol. The summed E-state index contributed by atoms with van der Waals surface area (Å²) in [5, 5.41) is 20.7. The molecule has 6 unspecified atom stereocenters. The molecule has 3 fully saturated rings. The predicted molar refractivity (Wildman–Crippen MR) is 88.3 cm³/mol. The van der Waals surface area contributed by atoms with E-state index in [4.69, 9.17) is 0 Å². The van der Waals surface area contributed by atoms with Crippen LogP contribution < -0.4 is 0 Å². The topological polar surface area (TPSA) is 40.5 Å². The van der Waals surface area contributed by atoms with Crippen molar-refractivity contribution in [3.05, 3.63) is 11.6 Å². The van der Waals surface area contributed by atoms with Crippen molar-refractivity contribution in [3.63, 3.8) is 0 Å². The summed E-state index contributed by atoms with van der Waals surface area (Å²) in [5.41, 5.74) is 2.25. The van der Waals surface area contributed by atoms with E-state index in [0.29, 0.717) is 11.3 Å². The molecule has 0 aromatic rings. The van der Waals surface area contributed by atoms with Crippen LogP contribution in [0.15, 0.2) is 11.6 Å². The second-order valence-electron chi connectivity index (χ2n) is 9.42. The molecule has 3 saturated carbocycles. The van der Waals surface area contributed by atoms with Gasteiger partial charge in [0.05, 0.1) is 12.2 Å². The van der Waals surface area contributed by atoms with Crippen molar-refractivity contribution in [1.82, 2.24) is 0 Å². The quantitative estimate of drug-likeness (QED) is 0.663. The summed E-state index contributed by atoms with van der Waals surface area (Å²) >= 11 is 0. The highest BCUT2D eigenvalue weighted by Crippen LogP contribution is 2.70. The van der Waals surface area contributed by atoms with E-state index in [1.807, 2.05) is 0 Å². The largest absolute Gasteiger partial charge is 0.393 e. The normalized spacial score (nSPS) is 57.6. The Balaban J connectivity index is 1.73.